The molecule has 1 aromatic heterocycles. The van der Waals surface area contributed by atoms with Gasteiger partial charge in [-0.3, -0.25) is 14.4 Å². The Morgan fingerprint density at radius 2 is 1.80 bits per heavy atom. The van der Waals surface area contributed by atoms with Crippen molar-refractivity contribution in [2.24, 2.45) is 51.5 Å². The number of amides is 1. The number of methoxy groups -OCH3 is 1. The largest absolute Gasteiger partial charge is 0.497 e. The van der Waals surface area contributed by atoms with Crippen LogP contribution in [0.3, 0.4) is 0 Å². The number of rotatable bonds is 18. The Kier molecular flexibility index (Phi) is 14.3. The maximum absolute atomic E-state index is 13.5. The third-order valence-corrected chi connectivity index (χ3v) is 14.7. The van der Waals surface area contributed by atoms with Crippen LogP contribution in [-0.2, 0) is 39.8 Å². The van der Waals surface area contributed by atoms with Crippen molar-refractivity contribution in [3.63, 3.8) is 0 Å². The molecule has 6 rings (SSSR count). The number of carboxylic acids is 1. The van der Waals surface area contributed by atoms with Crippen molar-refractivity contribution < 1.29 is 47.6 Å². The summed E-state index contributed by atoms with van der Waals surface area (Å²) < 4.78 is 27.2. The van der Waals surface area contributed by atoms with E-state index < -0.39 is 35.9 Å². The maximum Gasteiger partial charge on any atom is 0.336 e. The lowest BCUT2D eigenvalue weighted by Gasteiger charge is -2.61. The van der Waals surface area contributed by atoms with Gasteiger partial charge < -0.3 is 33.8 Å². The van der Waals surface area contributed by atoms with Gasteiger partial charge in [0.05, 0.1) is 33.2 Å². The van der Waals surface area contributed by atoms with Crippen LogP contribution in [-0.4, -0.2) is 74.5 Å². The molecule has 4 aliphatic carbocycles. The molecule has 4 fully saturated rings. The van der Waals surface area contributed by atoms with E-state index in [2.05, 4.69) is 36.1 Å². The van der Waals surface area contributed by atoms with Crippen LogP contribution in [0.4, 0.5) is 0 Å². The van der Waals surface area contributed by atoms with Gasteiger partial charge in [0.25, 0.3) is 0 Å². The number of hydrogen-bond donors (Lipinski definition) is 2. The molecule has 4 aliphatic rings. The molecule has 0 spiro atoms. The highest BCUT2D eigenvalue weighted by molar-refractivity contribution is 5.91. The molecule has 59 heavy (non-hydrogen) atoms. The third kappa shape index (κ3) is 10.1. The van der Waals surface area contributed by atoms with Crippen LogP contribution in [0.5, 0.6) is 5.75 Å². The molecule has 0 aliphatic heterocycles. The monoisotopic (exact) mass is 820 g/mol. The summed E-state index contributed by atoms with van der Waals surface area (Å²) in [6.45, 7) is 8.26. The number of nitrogens with zero attached hydrogens (tertiary/aromatic N) is 3. The lowest BCUT2D eigenvalue weighted by Crippen LogP contribution is -2.54. The number of fused-ring (bicyclic) bond motifs is 6. The van der Waals surface area contributed by atoms with Crippen molar-refractivity contribution in [1.29, 1.82) is 0 Å². The van der Waals surface area contributed by atoms with Crippen molar-refractivity contribution in [2.45, 2.75) is 116 Å². The predicted octanol–water partition coefficient (Wildman–Crippen LogP) is 7.16. The Balaban J connectivity index is 1.01. The molecular formula is C44H60N4O11. The summed E-state index contributed by atoms with van der Waals surface area (Å²) in [5.74, 6) is 0.874. The smallest absolute Gasteiger partial charge is 0.336 e. The second-order valence-electron chi connectivity index (χ2n) is 17.9. The highest BCUT2D eigenvalue weighted by atomic mass is 16.6. The van der Waals surface area contributed by atoms with E-state index >= 15 is 0 Å². The van der Waals surface area contributed by atoms with E-state index in [0.717, 1.165) is 25.7 Å². The topological polar surface area (TPSA) is 216 Å². The van der Waals surface area contributed by atoms with Gasteiger partial charge in [-0.1, -0.05) is 25.9 Å². The minimum Gasteiger partial charge on any atom is -0.497 e. The van der Waals surface area contributed by atoms with Gasteiger partial charge in [0.15, 0.2) is 0 Å². The quantitative estimate of drug-likeness (QED) is 0.0384. The van der Waals surface area contributed by atoms with Gasteiger partial charge in [0.2, 0.25) is 5.91 Å². The zero-order chi connectivity index (χ0) is 42.3. The van der Waals surface area contributed by atoms with Gasteiger partial charge in [-0.25, -0.2) is 9.59 Å². The van der Waals surface area contributed by atoms with E-state index in [-0.39, 0.29) is 54.7 Å². The first-order valence-electron chi connectivity index (χ1n) is 21.3. The van der Waals surface area contributed by atoms with Crippen molar-refractivity contribution in [1.82, 2.24) is 5.32 Å². The zero-order valence-electron chi connectivity index (χ0n) is 34.8. The van der Waals surface area contributed by atoms with Crippen LogP contribution in [0.1, 0.15) is 103 Å². The van der Waals surface area contributed by atoms with Gasteiger partial charge in [-0.2, -0.15) is 0 Å². The molecule has 15 nitrogen and oxygen atoms in total. The molecule has 2 aromatic rings. The molecule has 1 amide bonds. The number of aliphatic carboxylic acids is 1. The first-order valence-corrected chi connectivity index (χ1v) is 21.3. The summed E-state index contributed by atoms with van der Waals surface area (Å²) in [7, 11) is 1.49. The summed E-state index contributed by atoms with van der Waals surface area (Å²) in [6, 6.07) is 4.74. The molecular weight excluding hydrogens is 761 g/mol. The zero-order valence-corrected chi connectivity index (χ0v) is 34.8. The number of carbonyl (C=O) groups excluding carboxylic acids is 3. The molecule has 322 valence electrons. The van der Waals surface area contributed by atoms with E-state index in [1.165, 1.54) is 38.9 Å². The van der Waals surface area contributed by atoms with Crippen molar-refractivity contribution in [3.05, 3.63) is 50.7 Å². The highest BCUT2D eigenvalue weighted by Crippen LogP contribution is 2.68. The first-order chi connectivity index (χ1) is 28.2. The fraction of sp³-hybridized carbons (Fsp3) is 0.705. The summed E-state index contributed by atoms with van der Waals surface area (Å²) in [5.41, 5.74) is 8.67. The minimum atomic E-state index is -1.38. The van der Waals surface area contributed by atoms with Crippen LogP contribution < -0.4 is 15.7 Å². The van der Waals surface area contributed by atoms with E-state index in [1.807, 2.05) is 0 Å². The van der Waals surface area contributed by atoms with Crippen LogP contribution in [0.25, 0.3) is 21.4 Å². The number of esters is 2. The number of carboxylic acid groups (broad SMARTS) is 1. The number of nitrogens with one attached hydrogen (secondary N) is 1. The number of azide groups is 1. The minimum absolute atomic E-state index is 0.122. The predicted molar refractivity (Wildman–Crippen MR) is 216 cm³/mol. The normalized spacial score (nSPS) is 29.4. The second kappa shape index (κ2) is 19.2. The van der Waals surface area contributed by atoms with Crippen LogP contribution in [0.15, 0.2) is 38.6 Å². The molecule has 1 heterocycles. The SMILES string of the molecule is COc1ccc2c(CC(=O)N[C@@H](CC(=O)O)C(=O)O[C@@H]3CC[C@@]4(C)[C@H](CC[C@@H]5[C@@H]4CC[C@]4(C)C([C@H](C)CCC(=O)OCCOCCN=[N+]=[N-])CC[C@@H]54)C3)cc(=O)oc2c1. The average molecular weight is 821 g/mol. The number of carbonyl (C=O) groups is 4. The number of ether oxygens (including phenoxy) is 4. The van der Waals surface area contributed by atoms with Gasteiger partial charge >= 0.3 is 23.5 Å². The van der Waals surface area contributed by atoms with Gasteiger partial charge in [-0.05, 0) is 134 Å². The van der Waals surface area contributed by atoms with Crippen molar-refractivity contribution in [2.75, 3.05) is 33.5 Å². The van der Waals surface area contributed by atoms with Gasteiger partial charge in [0, 0.05) is 35.4 Å². The van der Waals surface area contributed by atoms with Crippen LogP contribution in [0, 0.1) is 46.3 Å². The first kappa shape index (κ1) is 43.9. The number of benzene rings is 1. The summed E-state index contributed by atoms with van der Waals surface area (Å²) in [4.78, 5) is 66.1. The Hall–Kier alpha value is -4.62. The summed E-state index contributed by atoms with van der Waals surface area (Å²) in [6.07, 6.45) is 9.18. The van der Waals surface area contributed by atoms with E-state index in [9.17, 15) is 29.1 Å². The fourth-order valence-corrected chi connectivity index (χ4v) is 11.9. The van der Waals surface area contributed by atoms with E-state index in [1.54, 1.807) is 18.2 Å². The van der Waals surface area contributed by atoms with Gasteiger partial charge in [-0.15, -0.1) is 0 Å². The molecule has 0 bridgehead atoms. The van der Waals surface area contributed by atoms with Crippen LogP contribution >= 0.6 is 0 Å². The Morgan fingerprint density at radius 3 is 2.56 bits per heavy atom. The molecule has 1 unspecified atom stereocenters. The second-order valence-corrected chi connectivity index (χ2v) is 17.9. The van der Waals surface area contributed by atoms with Crippen molar-refractivity contribution >= 4 is 34.8 Å². The Morgan fingerprint density at radius 1 is 1.02 bits per heavy atom. The van der Waals surface area contributed by atoms with Crippen molar-refractivity contribution in [3.8, 4) is 5.75 Å². The lowest BCUT2D eigenvalue weighted by atomic mass is 9.44. The molecule has 10 atom stereocenters. The summed E-state index contributed by atoms with van der Waals surface area (Å²) >= 11 is 0. The molecule has 0 radical (unpaired) electrons. The highest BCUT2D eigenvalue weighted by Gasteiger charge is 2.60. The fourth-order valence-electron chi connectivity index (χ4n) is 11.9. The average Bonchev–Trinajstić information content (AvgIpc) is 3.56. The molecule has 4 saturated carbocycles. The lowest BCUT2D eigenvalue weighted by molar-refractivity contribution is -0.167. The molecule has 15 heteroatoms. The Bertz CT molecular complexity index is 1960. The van der Waals surface area contributed by atoms with Gasteiger partial charge in [0.1, 0.15) is 30.1 Å². The summed E-state index contributed by atoms with van der Waals surface area (Å²) in [5, 5.41) is 16.2. The van der Waals surface area contributed by atoms with Crippen LogP contribution in [0.2, 0.25) is 0 Å². The number of hydrogen-bond acceptors (Lipinski definition) is 11. The standard InChI is InChI=1S/C44H60N4O11/c1-26(5-12-40(52)57-20-19-56-18-17-46-48-45)33-10-11-34-32-8-6-28-23-30(13-15-43(28,2)35(32)14-16-44(33,34)3)58-42(54)36(25-39(50)51)47-38(49)21-27-22-41(53)59-37-24-29(55-4)7-9-31(27)37/h7,9,22,24,26,28,30,32-36H,5-6,8,10-21,23,25H2,1-4H3,(H,47,49)(H,50,51)/t26-,28-,30-,32+,33?,34+,35+,36+,43+,44-/m1/s1. The Labute approximate surface area is 344 Å². The van der Waals surface area contributed by atoms with E-state index in [0.29, 0.717) is 78.1 Å². The molecule has 1 aromatic carbocycles. The third-order valence-electron chi connectivity index (χ3n) is 14.7. The maximum atomic E-state index is 13.5. The molecule has 0 saturated heterocycles. The van der Waals surface area contributed by atoms with E-state index in [4.69, 9.17) is 28.9 Å². The molecule has 2 N–H and O–H groups in total.